The molecule has 3 heteroatoms. The van der Waals surface area contributed by atoms with E-state index in [2.05, 4.69) is 5.32 Å². The van der Waals surface area contributed by atoms with Crippen molar-refractivity contribution >= 4 is 5.97 Å². The quantitative estimate of drug-likeness (QED) is 0.618. The first-order valence-corrected chi connectivity index (χ1v) is 4.72. The van der Waals surface area contributed by atoms with Crippen molar-refractivity contribution in [2.45, 2.75) is 38.3 Å². The molecule has 68 valence electrons. The fourth-order valence-corrected chi connectivity index (χ4v) is 2.18. The highest BCUT2D eigenvalue weighted by Crippen LogP contribution is 2.33. The molecular formula is C9H15NO2. The lowest BCUT2D eigenvalue weighted by Gasteiger charge is -2.22. The molecule has 2 bridgehead atoms. The molecule has 0 aromatic rings. The maximum absolute atomic E-state index is 11.0. The molecule has 2 aliphatic rings. The Kier molecular flexibility index (Phi) is 2.05. The van der Waals surface area contributed by atoms with Crippen molar-refractivity contribution < 1.29 is 9.53 Å². The van der Waals surface area contributed by atoms with Gasteiger partial charge in [-0.2, -0.15) is 0 Å². The van der Waals surface area contributed by atoms with Crippen LogP contribution in [-0.4, -0.2) is 24.7 Å². The number of rotatable bonds is 2. The molecule has 1 aliphatic carbocycles. The highest BCUT2D eigenvalue weighted by molar-refractivity contribution is 5.69. The molecular weight excluding hydrogens is 154 g/mol. The monoisotopic (exact) mass is 169 g/mol. The number of ether oxygens (including phenoxy) is 1. The Morgan fingerprint density at radius 1 is 1.58 bits per heavy atom. The molecule has 1 saturated carbocycles. The zero-order chi connectivity index (χ0) is 8.55. The van der Waals surface area contributed by atoms with Crippen molar-refractivity contribution in [3.05, 3.63) is 0 Å². The van der Waals surface area contributed by atoms with Crippen LogP contribution in [0.25, 0.3) is 0 Å². The normalized spacial score (nSPS) is 38.6. The van der Waals surface area contributed by atoms with E-state index in [1.54, 1.807) is 0 Å². The topological polar surface area (TPSA) is 38.3 Å². The van der Waals surface area contributed by atoms with Crippen LogP contribution in [0.2, 0.25) is 0 Å². The average Bonchev–Trinajstić information content (AvgIpc) is 2.64. The van der Waals surface area contributed by atoms with E-state index in [9.17, 15) is 4.79 Å². The second-order valence-corrected chi connectivity index (χ2v) is 3.72. The van der Waals surface area contributed by atoms with Gasteiger partial charge in [0.25, 0.3) is 0 Å². The molecule has 0 spiro atoms. The summed E-state index contributed by atoms with van der Waals surface area (Å²) in [5.41, 5.74) is 0. The standard InChI is InChI=1S/C9H15NO2/c1-2-9(11)12-8-4-7-3-6(8)5-10-7/h6-8,10H,2-5H2,1H3/t6-,7-,8+/m0/s1. The molecule has 0 aromatic carbocycles. The third-order valence-electron chi connectivity index (χ3n) is 2.87. The van der Waals surface area contributed by atoms with Crippen molar-refractivity contribution in [2.24, 2.45) is 5.92 Å². The van der Waals surface area contributed by atoms with Gasteiger partial charge in [0.15, 0.2) is 0 Å². The lowest BCUT2D eigenvalue weighted by molar-refractivity contribution is -0.150. The van der Waals surface area contributed by atoms with Crippen LogP contribution in [0.4, 0.5) is 0 Å². The van der Waals surface area contributed by atoms with Gasteiger partial charge in [-0.25, -0.2) is 0 Å². The number of esters is 1. The second kappa shape index (κ2) is 3.05. The van der Waals surface area contributed by atoms with Crippen LogP contribution in [0.5, 0.6) is 0 Å². The molecule has 1 N–H and O–H groups in total. The summed E-state index contributed by atoms with van der Waals surface area (Å²) in [7, 11) is 0. The Balaban J connectivity index is 1.86. The Morgan fingerprint density at radius 2 is 2.42 bits per heavy atom. The van der Waals surface area contributed by atoms with Gasteiger partial charge in [0.2, 0.25) is 0 Å². The lowest BCUT2D eigenvalue weighted by atomic mass is 10.1. The van der Waals surface area contributed by atoms with Gasteiger partial charge in [0, 0.05) is 31.3 Å². The lowest BCUT2D eigenvalue weighted by Crippen LogP contribution is -2.35. The van der Waals surface area contributed by atoms with Crippen molar-refractivity contribution in [1.82, 2.24) is 5.32 Å². The van der Waals surface area contributed by atoms with Crippen LogP contribution >= 0.6 is 0 Å². The number of piperidine rings is 1. The molecule has 1 aliphatic heterocycles. The van der Waals surface area contributed by atoms with E-state index in [0.717, 1.165) is 13.0 Å². The van der Waals surface area contributed by atoms with E-state index >= 15 is 0 Å². The van der Waals surface area contributed by atoms with E-state index in [1.807, 2.05) is 6.92 Å². The zero-order valence-electron chi connectivity index (χ0n) is 7.38. The highest BCUT2D eigenvalue weighted by Gasteiger charge is 2.41. The van der Waals surface area contributed by atoms with Gasteiger partial charge >= 0.3 is 5.97 Å². The van der Waals surface area contributed by atoms with Gasteiger partial charge < -0.3 is 10.1 Å². The summed E-state index contributed by atoms with van der Waals surface area (Å²) in [6.07, 6.45) is 2.93. The largest absolute Gasteiger partial charge is 0.462 e. The van der Waals surface area contributed by atoms with Crippen LogP contribution in [0, 0.1) is 5.92 Å². The van der Waals surface area contributed by atoms with Crippen LogP contribution < -0.4 is 5.32 Å². The molecule has 1 heterocycles. The summed E-state index contributed by atoms with van der Waals surface area (Å²) in [5.74, 6) is 0.540. The van der Waals surface area contributed by atoms with Crippen LogP contribution in [0.15, 0.2) is 0 Å². The number of fused-ring (bicyclic) bond motifs is 2. The third-order valence-corrected chi connectivity index (χ3v) is 2.87. The molecule has 0 amide bonds. The zero-order valence-corrected chi connectivity index (χ0v) is 7.38. The van der Waals surface area contributed by atoms with E-state index < -0.39 is 0 Å². The van der Waals surface area contributed by atoms with Crippen molar-refractivity contribution in [2.75, 3.05) is 6.54 Å². The van der Waals surface area contributed by atoms with Crippen molar-refractivity contribution in [1.29, 1.82) is 0 Å². The Bertz CT molecular complexity index is 193. The molecule has 3 atom stereocenters. The fourth-order valence-electron chi connectivity index (χ4n) is 2.18. The molecule has 0 radical (unpaired) electrons. The smallest absolute Gasteiger partial charge is 0.305 e. The molecule has 0 unspecified atom stereocenters. The number of carbonyl (C=O) groups excluding carboxylic acids is 1. The highest BCUT2D eigenvalue weighted by atomic mass is 16.5. The van der Waals surface area contributed by atoms with E-state index in [-0.39, 0.29) is 12.1 Å². The summed E-state index contributed by atoms with van der Waals surface area (Å²) < 4.78 is 5.32. The number of carbonyl (C=O) groups is 1. The molecule has 3 nitrogen and oxygen atoms in total. The molecule has 2 rings (SSSR count). The summed E-state index contributed by atoms with van der Waals surface area (Å²) in [6, 6.07) is 0.615. The summed E-state index contributed by atoms with van der Waals surface area (Å²) in [6.45, 7) is 2.88. The number of hydrogen-bond donors (Lipinski definition) is 1. The Labute approximate surface area is 72.5 Å². The Morgan fingerprint density at radius 3 is 2.92 bits per heavy atom. The summed E-state index contributed by atoms with van der Waals surface area (Å²) in [4.78, 5) is 11.0. The minimum Gasteiger partial charge on any atom is -0.462 e. The first-order chi connectivity index (χ1) is 5.79. The summed E-state index contributed by atoms with van der Waals surface area (Å²) >= 11 is 0. The van der Waals surface area contributed by atoms with Crippen LogP contribution in [0.1, 0.15) is 26.2 Å². The van der Waals surface area contributed by atoms with Gasteiger partial charge in [-0.1, -0.05) is 6.92 Å². The minimum absolute atomic E-state index is 0.0486. The molecule has 0 aromatic heterocycles. The fraction of sp³-hybridized carbons (Fsp3) is 0.889. The maximum Gasteiger partial charge on any atom is 0.305 e. The summed E-state index contributed by atoms with van der Waals surface area (Å²) in [5, 5.41) is 3.39. The van der Waals surface area contributed by atoms with Gasteiger partial charge in [0.05, 0.1) is 0 Å². The SMILES string of the molecule is CCC(=O)O[C@@H]1C[C@@H]2C[C@H]1CN2. The average molecular weight is 169 g/mol. The van der Waals surface area contributed by atoms with Gasteiger partial charge in [-0.05, 0) is 6.42 Å². The van der Waals surface area contributed by atoms with Crippen LogP contribution in [-0.2, 0) is 9.53 Å². The maximum atomic E-state index is 11.0. The van der Waals surface area contributed by atoms with E-state index in [1.165, 1.54) is 6.42 Å². The van der Waals surface area contributed by atoms with Crippen molar-refractivity contribution in [3.63, 3.8) is 0 Å². The van der Waals surface area contributed by atoms with Crippen LogP contribution in [0.3, 0.4) is 0 Å². The molecule has 1 saturated heterocycles. The van der Waals surface area contributed by atoms with Gasteiger partial charge in [-0.3, -0.25) is 4.79 Å². The van der Waals surface area contributed by atoms with Gasteiger partial charge in [0.1, 0.15) is 6.10 Å². The first kappa shape index (κ1) is 8.05. The third kappa shape index (κ3) is 1.33. The second-order valence-electron chi connectivity index (χ2n) is 3.72. The number of nitrogens with one attached hydrogen (secondary N) is 1. The first-order valence-electron chi connectivity index (χ1n) is 4.72. The number of hydrogen-bond acceptors (Lipinski definition) is 3. The molecule has 12 heavy (non-hydrogen) atoms. The van der Waals surface area contributed by atoms with E-state index in [0.29, 0.717) is 18.4 Å². The Hall–Kier alpha value is -0.570. The van der Waals surface area contributed by atoms with Crippen molar-refractivity contribution in [3.8, 4) is 0 Å². The van der Waals surface area contributed by atoms with Gasteiger partial charge in [-0.15, -0.1) is 0 Å². The minimum atomic E-state index is -0.0486. The van der Waals surface area contributed by atoms with E-state index in [4.69, 9.17) is 4.74 Å². The molecule has 2 fully saturated rings. The predicted molar refractivity (Wildman–Crippen MR) is 44.7 cm³/mol. The predicted octanol–water partition coefficient (Wildman–Crippen LogP) is 0.690.